The Hall–Kier alpha value is -0.530. The molecule has 1 rings (SSSR count). The normalized spacial score (nSPS) is 20.3. The lowest BCUT2D eigenvalue weighted by molar-refractivity contribution is -0.130. The van der Waals surface area contributed by atoms with Gasteiger partial charge in [-0.05, 0) is 24.7 Å². The van der Waals surface area contributed by atoms with Gasteiger partial charge < -0.3 is 4.90 Å². The van der Waals surface area contributed by atoms with Crippen molar-refractivity contribution in [1.29, 1.82) is 0 Å². The van der Waals surface area contributed by atoms with Crippen molar-refractivity contribution in [3.63, 3.8) is 0 Å². The standard InChI is InChI=1S/C12H23NO/c1-5-10(9-12(2,3)4)13-8-6-7-11(13)14/h10H,5-9H2,1-4H3. The van der Waals surface area contributed by atoms with E-state index in [-0.39, 0.29) is 0 Å². The molecule has 1 saturated heterocycles. The average Bonchev–Trinajstić information content (AvgIpc) is 2.45. The van der Waals surface area contributed by atoms with Gasteiger partial charge in [0.2, 0.25) is 5.91 Å². The molecule has 0 saturated carbocycles. The maximum atomic E-state index is 11.6. The smallest absolute Gasteiger partial charge is 0.222 e. The third kappa shape index (κ3) is 3.00. The molecule has 0 spiro atoms. The van der Waals surface area contributed by atoms with Gasteiger partial charge in [0.1, 0.15) is 0 Å². The summed E-state index contributed by atoms with van der Waals surface area (Å²) in [5, 5.41) is 0. The number of hydrogen-bond acceptors (Lipinski definition) is 1. The topological polar surface area (TPSA) is 20.3 Å². The van der Waals surface area contributed by atoms with Gasteiger partial charge in [-0.2, -0.15) is 0 Å². The quantitative estimate of drug-likeness (QED) is 0.681. The third-order valence-electron chi connectivity index (χ3n) is 2.87. The fourth-order valence-corrected chi connectivity index (χ4v) is 2.24. The molecule has 0 bridgehead atoms. The molecule has 0 aromatic rings. The van der Waals surface area contributed by atoms with Crippen molar-refractivity contribution in [3.05, 3.63) is 0 Å². The SMILES string of the molecule is CCC(CC(C)(C)C)N1CCCC1=O. The third-order valence-corrected chi connectivity index (χ3v) is 2.87. The lowest BCUT2D eigenvalue weighted by Crippen LogP contribution is -2.38. The number of amides is 1. The fraction of sp³-hybridized carbons (Fsp3) is 0.917. The van der Waals surface area contributed by atoms with Crippen LogP contribution >= 0.6 is 0 Å². The molecule has 14 heavy (non-hydrogen) atoms. The molecule has 0 aromatic heterocycles. The summed E-state index contributed by atoms with van der Waals surface area (Å²) in [4.78, 5) is 13.7. The predicted octanol–water partition coefficient (Wildman–Crippen LogP) is 2.82. The largest absolute Gasteiger partial charge is 0.340 e. The van der Waals surface area contributed by atoms with Crippen LogP contribution in [0, 0.1) is 5.41 Å². The van der Waals surface area contributed by atoms with E-state index in [2.05, 4.69) is 32.6 Å². The Bertz CT molecular complexity index is 205. The Balaban J connectivity index is 2.57. The Morgan fingerprint density at radius 1 is 1.43 bits per heavy atom. The maximum Gasteiger partial charge on any atom is 0.222 e. The van der Waals surface area contributed by atoms with Crippen molar-refractivity contribution < 1.29 is 4.79 Å². The van der Waals surface area contributed by atoms with Crippen molar-refractivity contribution in [1.82, 2.24) is 4.90 Å². The van der Waals surface area contributed by atoms with Crippen LogP contribution in [-0.2, 0) is 4.79 Å². The van der Waals surface area contributed by atoms with E-state index in [9.17, 15) is 4.79 Å². The molecule has 1 heterocycles. The highest BCUT2D eigenvalue weighted by Gasteiger charge is 2.29. The Kier molecular flexibility index (Phi) is 3.57. The first kappa shape index (κ1) is 11.5. The van der Waals surface area contributed by atoms with Crippen LogP contribution in [0.15, 0.2) is 0 Å². The Labute approximate surface area is 87.7 Å². The summed E-state index contributed by atoms with van der Waals surface area (Å²) < 4.78 is 0. The van der Waals surface area contributed by atoms with E-state index in [0.717, 1.165) is 32.2 Å². The van der Waals surface area contributed by atoms with Crippen LogP contribution in [0.4, 0.5) is 0 Å². The molecule has 0 N–H and O–H groups in total. The van der Waals surface area contributed by atoms with Gasteiger partial charge in [0, 0.05) is 19.0 Å². The van der Waals surface area contributed by atoms with Crippen molar-refractivity contribution in [3.8, 4) is 0 Å². The summed E-state index contributed by atoms with van der Waals surface area (Å²) in [7, 11) is 0. The summed E-state index contributed by atoms with van der Waals surface area (Å²) in [5.41, 5.74) is 0.323. The number of rotatable bonds is 3. The van der Waals surface area contributed by atoms with Crippen molar-refractivity contribution >= 4 is 5.91 Å². The van der Waals surface area contributed by atoms with Gasteiger partial charge in [-0.3, -0.25) is 4.79 Å². The molecule has 2 heteroatoms. The van der Waals surface area contributed by atoms with E-state index in [1.807, 2.05) is 0 Å². The highest BCUT2D eigenvalue weighted by atomic mass is 16.2. The summed E-state index contributed by atoms with van der Waals surface area (Å²) >= 11 is 0. The van der Waals surface area contributed by atoms with Crippen LogP contribution < -0.4 is 0 Å². The second-order valence-corrected chi connectivity index (χ2v) is 5.52. The zero-order chi connectivity index (χ0) is 10.8. The first-order chi connectivity index (χ1) is 6.44. The van der Waals surface area contributed by atoms with Gasteiger partial charge in [0.15, 0.2) is 0 Å². The van der Waals surface area contributed by atoms with E-state index in [0.29, 0.717) is 17.4 Å². The monoisotopic (exact) mass is 197 g/mol. The molecule has 1 amide bonds. The van der Waals surface area contributed by atoms with Gasteiger partial charge in [-0.25, -0.2) is 0 Å². The minimum atomic E-state index is 0.323. The van der Waals surface area contributed by atoms with Crippen LogP contribution in [0.2, 0.25) is 0 Å². The zero-order valence-corrected chi connectivity index (χ0v) is 9.97. The molecular formula is C12H23NO. The van der Waals surface area contributed by atoms with Gasteiger partial charge in [-0.1, -0.05) is 27.7 Å². The molecule has 1 aliphatic heterocycles. The van der Waals surface area contributed by atoms with Gasteiger partial charge >= 0.3 is 0 Å². The van der Waals surface area contributed by atoms with E-state index < -0.39 is 0 Å². The lowest BCUT2D eigenvalue weighted by atomic mass is 9.86. The zero-order valence-electron chi connectivity index (χ0n) is 9.97. The van der Waals surface area contributed by atoms with Gasteiger partial charge in [0.05, 0.1) is 0 Å². The maximum absolute atomic E-state index is 11.6. The van der Waals surface area contributed by atoms with Crippen LogP contribution in [0.1, 0.15) is 53.4 Å². The summed E-state index contributed by atoms with van der Waals surface area (Å²) in [6, 6.07) is 0.463. The minimum absolute atomic E-state index is 0.323. The molecule has 1 atom stereocenters. The molecule has 1 fully saturated rings. The molecule has 82 valence electrons. The molecule has 0 aromatic carbocycles. The van der Waals surface area contributed by atoms with Gasteiger partial charge in [0.25, 0.3) is 0 Å². The van der Waals surface area contributed by atoms with Crippen LogP contribution in [0.3, 0.4) is 0 Å². The summed E-state index contributed by atoms with van der Waals surface area (Å²) in [6.07, 6.45) is 4.03. The Morgan fingerprint density at radius 3 is 2.43 bits per heavy atom. The molecule has 0 aliphatic carbocycles. The molecule has 1 unspecified atom stereocenters. The second kappa shape index (κ2) is 4.33. The van der Waals surface area contributed by atoms with E-state index >= 15 is 0 Å². The highest BCUT2D eigenvalue weighted by molar-refractivity contribution is 5.78. The first-order valence-electron chi connectivity index (χ1n) is 5.73. The van der Waals surface area contributed by atoms with Crippen molar-refractivity contribution in [2.24, 2.45) is 5.41 Å². The van der Waals surface area contributed by atoms with Crippen LogP contribution in [-0.4, -0.2) is 23.4 Å². The molecular weight excluding hydrogens is 174 g/mol. The summed E-state index contributed by atoms with van der Waals surface area (Å²) in [6.45, 7) is 9.90. The molecule has 0 radical (unpaired) electrons. The number of carbonyl (C=O) groups is 1. The average molecular weight is 197 g/mol. The van der Waals surface area contributed by atoms with Crippen molar-refractivity contribution in [2.75, 3.05) is 6.54 Å². The lowest BCUT2D eigenvalue weighted by Gasteiger charge is -2.32. The Morgan fingerprint density at radius 2 is 2.07 bits per heavy atom. The summed E-state index contributed by atoms with van der Waals surface area (Å²) in [5.74, 6) is 0.362. The van der Waals surface area contributed by atoms with E-state index in [1.54, 1.807) is 0 Å². The minimum Gasteiger partial charge on any atom is -0.340 e. The van der Waals surface area contributed by atoms with E-state index in [4.69, 9.17) is 0 Å². The van der Waals surface area contributed by atoms with E-state index in [1.165, 1.54) is 0 Å². The number of nitrogens with zero attached hydrogens (tertiary/aromatic N) is 1. The fourth-order valence-electron chi connectivity index (χ4n) is 2.24. The number of likely N-dealkylation sites (tertiary alicyclic amines) is 1. The number of carbonyl (C=O) groups excluding carboxylic acids is 1. The molecule has 1 aliphatic rings. The first-order valence-corrected chi connectivity index (χ1v) is 5.73. The predicted molar refractivity (Wildman–Crippen MR) is 59.1 cm³/mol. The van der Waals surface area contributed by atoms with Gasteiger partial charge in [-0.15, -0.1) is 0 Å². The van der Waals surface area contributed by atoms with Crippen LogP contribution in [0.25, 0.3) is 0 Å². The van der Waals surface area contributed by atoms with Crippen LogP contribution in [0.5, 0.6) is 0 Å². The highest BCUT2D eigenvalue weighted by Crippen LogP contribution is 2.27. The second-order valence-electron chi connectivity index (χ2n) is 5.52. The molecule has 2 nitrogen and oxygen atoms in total. The van der Waals surface area contributed by atoms with Crippen molar-refractivity contribution in [2.45, 2.75) is 59.4 Å². The number of hydrogen-bond donors (Lipinski definition) is 0.